The summed E-state index contributed by atoms with van der Waals surface area (Å²) in [5, 5.41) is 7.91. The standard InChI is InChI=1S/C17H22FN3O/c1-12-15(16(22-3)21(2)20-12)10-19-11-17(8-9-17)13-4-6-14(18)7-5-13/h4-7,19H,8-11H2,1-3H3. The first-order valence-electron chi connectivity index (χ1n) is 7.59. The van der Waals surface area contributed by atoms with Crippen LogP contribution in [-0.4, -0.2) is 23.4 Å². The molecular weight excluding hydrogens is 281 g/mol. The minimum Gasteiger partial charge on any atom is -0.481 e. The molecule has 1 heterocycles. The van der Waals surface area contributed by atoms with Crippen LogP contribution < -0.4 is 10.1 Å². The average Bonchev–Trinajstić information content (AvgIpc) is 3.22. The first kappa shape index (κ1) is 15.0. The van der Waals surface area contributed by atoms with Crippen LogP contribution in [0.2, 0.25) is 0 Å². The monoisotopic (exact) mass is 303 g/mol. The van der Waals surface area contributed by atoms with Gasteiger partial charge >= 0.3 is 0 Å². The van der Waals surface area contributed by atoms with Gasteiger partial charge in [-0.25, -0.2) is 9.07 Å². The topological polar surface area (TPSA) is 39.1 Å². The van der Waals surface area contributed by atoms with Crippen molar-refractivity contribution in [2.24, 2.45) is 7.05 Å². The zero-order chi connectivity index (χ0) is 15.7. The Balaban J connectivity index is 1.65. The largest absolute Gasteiger partial charge is 0.481 e. The van der Waals surface area contributed by atoms with Gasteiger partial charge in [-0.2, -0.15) is 5.10 Å². The van der Waals surface area contributed by atoms with E-state index in [1.165, 1.54) is 5.56 Å². The number of nitrogens with one attached hydrogen (secondary N) is 1. The van der Waals surface area contributed by atoms with Gasteiger partial charge in [0.15, 0.2) is 0 Å². The van der Waals surface area contributed by atoms with Crippen molar-refractivity contribution in [2.75, 3.05) is 13.7 Å². The highest BCUT2D eigenvalue weighted by molar-refractivity contribution is 5.33. The summed E-state index contributed by atoms with van der Waals surface area (Å²) in [6.07, 6.45) is 2.30. The van der Waals surface area contributed by atoms with Crippen LogP contribution in [0.5, 0.6) is 5.88 Å². The second-order valence-corrected chi connectivity index (χ2v) is 6.09. The molecule has 0 bridgehead atoms. The van der Waals surface area contributed by atoms with E-state index in [-0.39, 0.29) is 11.2 Å². The van der Waals surface area contributed by atoms with Gasteiger partial charge in [0.1, 0.15) is 5.82 Å². The van der Waals surface area contributed by atoms with E-state index in [2.05, 4.69) is 10.4 Å². The van der Waals surface area contributed by atoms with Gasteiger partial charge in [-0.15, -0.1) is 0 Å². The highest BCUT2D eigenvalue weighted by atomic mass is 19.1. The SMILES string of the molecule is COc1c(CNCC2(c3ccc(F)cc3)CC2)c(C)nn1C. The summed E-state index contributed by atoms with van der Waals surface area (Å²) in [7, 11) is 3.55. The molecule has 1 aliphatic rings. The number of methoxy groups -OCH3 is 1. The Morgan fingerprint density at radius 3 is 2.59 bits per heavy atom. The van der Waals surface area contributed by atoms with E-state index in [9.17, 15) is 4.39 Å². The van der Waals surface area contributed by atoms with E-state index in [1.54, 1.807) is 23.9 Å². The number of nitrogens with zero attached hydrogens (tertiary/aromatic N) is 2. The molecule has 2 aromatic rings. The molecule has 1 saturated carbocycles. The molecular formula is C17H22FN3O. The zero-order valence-corrected chi connectivity index (χ0v) is 13.3. The smallest absolute Gasteiger partial charge is 0.216 e. The molecule has 22 heavy (non-hydrogen) atoms. The number of halogens is 1. The predicted molar refractivity (Wildman–Crippen MR) is 83.5 cm³/mol. The molecule has 1 aliphatic carbocycles. The minimum absolute atomic E-state index is 0.164. The summed E-state index contributed by atoms with van der Waals surface area (Å²) >= 11 is 0. The Hall–Kier alpha value is -1.88. The van der Waals surface area contributed by atoms with Gasteiger partial charge < -0.3 is 10.1 Å². The lowest BCUT2D eigenvalue weighted by Crippen LogP contribution is -2.26. The summed E-state index contributed by atoms with van der Waals surface area (Å²) in [6.45, 7) is 3.61. The molecule has 0 aliphatic heterocycles. The highest BCUT2D eigenvalue weighted by Crippen LogP contribution is 2.47. The number of hydrogen-bond acceptors (Lipinski definition) is 3. The van der Waals surface area contributed by atoms with Gasteiger partial charge in [0, 0.05) is 25.6 Å². The molecule has 5 heteroatoms. The zero-order valence-electron chi connectivity index (χ0n) is 13.3. The Morgan fingerprint density at radius 2 is 2.00 bits per heavy atom. The van der Waals surface area contributed by atoms with Gasteiger partial charge in [-0.05, 0) is 37.5 Å². The van der Waals surface area contributed by atoms with Gasteiger partial charge in [0.2, 0.25) is 5.88 Å². The van der Waals surface area contributed by atoms with Crippen molar-refractivity contribution < 1.29 is 9.13 Å². The molecule has 0 amide bonds. The van der Waals surface area contributed by atoms with Crippen molar-refractivity contribution in [1.82, 2.24) is 15.1 Å². The third kappa shape index (κ3) is 2.73. The maximum absolute atomic E-state index is 13.1. The molecule has 1 aromatic heterocycles. The van der Waals surface area contributed by atoms with E-state index in [0.717, 1.165) is 43.1 Å². The van der Waals surface area contributed by atoms with Crippen molar-refractivity contribution in [3.8, 4) is 5.88 Å². The average molecular weight is 303 g/mol. The third-order valence-electron chi connectivity index (χ3n) is 4.56. The van der Waals surface area contributed by atoms with E-state index in [1.807, 2.05) is 26.1 Å². The summed E-state index contributed by atoms with van der Waals surface area (Å²) in [4.78, 5) is 0. The number of hydrogen-bond donors (Lipinski definition) is 1. The van der Waals surface area contributed by atoms with Crippen LogP contribution in [0.1, 0.15) is 29.7 Å². The van der Waals surface area contributed by atoms with E-state index < -0.39 is 0 Å². The number of rotatable bonds is 6. The van der Waals surface area contributed by atoms with Crippen LogP contribution in [0, 0.1) is 12.7 Å². The second kappa shape index (κ2) is 5.72. The molecule has 0 saturated heterocycles. The summed E-state index contributed by atoms with van der Waals surface area (Å²) in [6, 6.07) is 6.90. The molecule has 0 unspecified atom stereocenters. The Kier molecular flexibility index (Phi) is 3.91. The molecule has 118 valence electrons. The van der Waals surface area contributed by atoms with Crippen LogP contribution in [0.4, 0.5) is 4.39 Å². The predicted octanol–water partition coefficient (Wildman–Crippen LogP) is 2.70. The molecule has 0 atom stereocenters. The molecule has 0 spiro atoms. The summed E-state index contributed by atoms with van der Waals surface area (Å²) < 4.78 is 20.2. The Labute approximate surface area is 130 Å². The lowest BCUT2D eigenvalue weighted by molar-refractivity contribution is 0.367. The number of aromatic nitrogens is 2. The molecule has 1 fully saturated rings. The van der Waals surface area contributed by atoms with Crippen LogP contribution in [0.3, 0.4) is 0 Å². The Morgan fingerprint density at radius 1 is 1.32 bits per heavy atom. The summed E-state index contributed by atoms with van der Waals surface area (Å²) in [5.41, 5.74) is 3.46. The first-order valence-corrected chi connectivity index (χ1v) is 7.59. The van der Waals surface area contributed by atoms with Gasteiger partial charge in [0.25, 0.3) is 0 Å². The van der Waals surface area contributed by atoms with Crippen molar-refractivity contribution >= 4 is 0 Å². The van der Waals surface area contributed by atoms with E-state index >= 15 is 0 Å². The van der Waals surface area contributed by atoms with Crippen LogP contribution in [0.25, 0.3) is 0 Å². The third-order valence-corrected chi connectivity index (χ3v) is 4.56. The normalized spacial score (nSPS) is 15.8. The van der Waals surface area contributed by atoms with Crippen LogP contribution in [0.15, 0.2) is 24.3 Å². The van der Waals surface area contributed by atoms with Crippen LogP contribution >= 0.6 is 0 Å². The van der Waals surface area contributed by atoms with Crippen LogP contribution in [-0.2, 0) is 19.0 Å². The van der Waals surface area contributed by atoms with Gasteiger partial charge in [-0.3, -0.25) is 0 Å². The number of ether oxygens (including phenoxy) is 1. The fourth-order valence-electron chi connectivity index (χ4n) is 3.09. The lowest BCUT2D eigenvalue weighted by atomic mass is 9.96. The fourth-order valence-corrected chi connectivity index (χ4v) is 3.09. The molecule has 1 aromatic carbocycles. The van der Waals surface area contributed by atoms with Crippen molar-refractivity contribution in [2.45, 2.75) is 31.7 Å². The lowest BCUT2D eigenvalue weighted by Gasteiger charge is -2.17. The quantitative estimate of drug-likeness (QED) is 0.892. The minimum atomic E-state index is -0.178. The molecule has 1 N–H and O–H groups in total. The summed E-state index contributed by atoms with van der Waals surface area (Å²) in [5.74, 6) is 0.625. The highest BCUT2D eigenvalue weighted by Gasteiger charge is 2.43. The fraction of sp³-hybridized carbons (Fsp3) is 0.471. The second-order valence-electron chi connectivity index (χ2n) is 6.09. The van der Waals surface area contributed by atoms with Crippen molar-refractivity contribution in [1.29, 1.82) is 0 Å². The molecule has 4 nitrogen and oxygen atoms in total. The first-order chi connectivity index (χ1) is 10.6. The number of aryl methyl sites for hydroxylation is 2. The van der Waals surface area contributed by atoms with Gasteiger partial charge in [-0.1, -0.05) is 12.1 Å². The van der Waals surface area contributed by atoms with E-state index in [0.29, 0.717) is 0 Å². The number of benzene rings is 1. The maximum atomic E-state index is 13.1. The molecule has 3 rings (SSSR count). The maximum Gasteiger partial charge on any atom is 0.216 e. The molecule has 0 radical (unpaired) electrons. The van der Waals surface area contributed by atoms with Crippen molar-refractivity contribution in [3.63, 3.8) is 0 Å². The Bertz CT molecular complexity index is 659. The van der Waals surface area contributed by atoms with Crippen molar-refractivity contribution in [3.05, 3.63) is 46.9 Å². The van der Waals surface area contributed by atoms with E-state index in [4.69, 9.17) is 4.74 Å². The van der Waals surface area contributed by atoms with Gasteiger partial charge in [0.05, 0.1) is 18.4 Å².